The van der Waals surface area contributed by atoms with Crippen molar-refractivity contribution in [3.8, 4) is 5.75 Å². The van der Waals surface area contributed by atoms with Crippen LogP contribution in [-0.2, 0) is 21.1 Å². The molecule has 4 rings (SSSR count). The first-order valence-electron chi connectivity index (χ1n) is 10.1. The van der Waals surface area contributed by atoms with Gasteiger partial charge in [-0.25, -0.2) is 23.7 Å². The van der Waals surface area contributed by atoms with Gasteiger partial charge in [0.2, 0.25) is 0 Å². The molecule has 1 atom stereocenters. The summed E-state index contributed by atoms with van der Waals surface area (Å²) in [6.45, 7) is 2.02. The minimum absolute atomic E-state index is 0.168. The Balaban J connectivity index is 1.52. The van der Waals surface area contributed by atoms with Crippen LogP contribution < -0.4 is 14.8 Å². The first-order valence-corrected chi connectivity index (χ1v) is 12.6. The van der Waals surface area contributed by atoms with Crippen molar-refractivity contribution in [2.24, 2.45) is 0 Å². The number of amides is 1. The number of nitrogens with one attached hydrogen (secondary N) is 3. The summed E-state index contributed by atoms with van der Waals surface area (Å²) in [7, 11) is -3.07. The van der Waals surface area contributed by atoms with Gasteiger partial charge in [-0.1, -0.05) is 12.1 Å². The summed E-state index contributed by atoms with van der Waals surface area (Å²) in [6, 6.07) is 12.3. The number of hydrogen-bond donors (Lipinski definition) is 3. The number of fused-ring (bicyclic) bond motifs is 1. The van der Waals surface area contributed by atoms with Crippen molar-refractivity contribution in [1.29, 1.82) is 0 Å². The fraction of sp³-hybridized carbons (Fsp3) is 0.136. The number of ether oxygens (including phenoxy) is 2. The standard InChI is InChI=1S/C22H21BrN6O4S/c1-3-32-22(30)29-34(2,31)15-6-4-5-14(9-15)12-33-19-11-18-16(10-17(19)23)21(25-13-24-18)27-20-7-8-26-28-20/h4-11,13H,2-3,12H2,1H3,(H,29,30,31)(H2,24,25,26,27,28). The van der Waals surface area contributed by atoms with E-state index in [2.05, 4.69) is 52.0 Å². The molecule has 0 aliphatic heterocycles. The van der Waals surface area contributed by atoms with Crippen LogP contribution in [0.4, 0.5) is 16.4 Å². The number of aromatic amines is 1. The number of rotatable bonds is 8. The second-order valence-electron chi connectivity index (χ2n) is 7.05. The van der Waals surface area contributed by atoms with Crippen LogP contribution in [0.15, 0.2) is 64.4 Å². The average Bonchev–Trinajstić information content (AvgIpc) is 3.31. The maximum atomic E-state index is 12.8. The second kappa shape index (κ2) is 10.1. The molecular weight excluding hydrogens is 524 g/mol. The molecule has 176 valence electrons. The molecule has 2 aromatic carbocycles. The molecule has 1 amide bonds. The quantitative estimate of drug-likeness (QED) is 0.281. The van der Waals surface area contributed by atoms with Crippen LogP contribution in [-0.4, -0.2) is 42.9 Å². The number of H-pyrrole nitrogens is 1. The van der Waals surface area contributed by atoms with Gasteiger partial charge in [0.05, 0.1) is 37.4 Å². The lowest BCUT2D eigenvalue weighted by molar-refractivity contribution is 0.159. The van der Waals surface area contributed by atoms with E-state index in [0.29, 0.717) is 32.3 Å². The fourth-order valence-electron chi connectivity index (χ4n) is 3.08. The van der Waals surface area contributed by atoms with Gasteiger partial charge in [0.25, 0.3) is 0 Å². The van der Waals surface area contributed by atoms with Crippen molar-refractivity contribution in [1.82, 2.24) is 24.9 Å². The first kappa shape index (κ1) is 23.5. The summed E-state index contributed by atoms with van der Waals surface area (Å²) in [5.74, 6) is 5.54. The Morgan fingerprint density at radius 1 is 1.24 bits per heavy atom. The number of nitrogens with zero attached hydrogens (tertiary/aromatic N) is 3. The third-order valence-corrected chi connectivity index (χ3v) is 6.77. The van der Waals surface area contributed by atoms with Crippen LogP contribution in [0.25, 0.3) is 10.9 Å². The van der Waals surface area contributed by atoms with Crippen LogP contribution in [0.5, 0.6) is 5.75 Å². The molecule has 3 N–H and O–H groups in total. The molecule has 0 aliphatic rings. The van der Waals surface area contributed by atoms with Crippen molar-refractivity contribution < 1.29 is 18.5 Å². The predicted molar refractivity (Wildman–Crippen MR) is 134 cm³/mol. The summed E-state index contributed by atoms with van der Waals surface area (Å²) in [5, 5.41) is 10.7. The van der Waals surface area contributed by atoms with E-state index in [1.165, 1.54) is 6.33 Å². The third kappa shape index (κ3) is 5.46. The van der Waals surface area contributed by atoms with Crippen LogP contribution >= 0.6 is 15.9 Å². The highest BCUT2D eigenvalue weighted by Gasteiger charge is 2.14. The topological polar surface area (TPSA) is 131 Å². The maximum absolute atomic E-state index is 12.8. The van der Waals surface area contributed by atoms with Gasteiger partial charge in [0.15, 0.2) is 0 Å². The molecule has 10 nitrogen and oxygen atoms in total. The van der Waals surface area contributed by atoms with E-state index in [0.717, 1.165) is 10.9 Å². The zero-order chi connectivity index (χ0) is 24.1. The van der Waals surface area contributed by atoms with E-state index in [-0.39, 0.29) is 13.2 Å². The lowest BCUT2D eigenvalue weighted by Gasteiger charge is -2.14. The minimum Gasteiger partial charge on any atom is -0.488 e. The lowest BCUT2D eigenvalue weighted by atomic mass is 10.2. The van der Waals surface area contributed by atoms with E-state index in [4.69, 9.17) is 9.47 Å². The van der Waals surface area contributed by atoms with Crippen LogP contribution in [0.1, 0.15) is 12.5 Å². The molecule has 0 aliphatic carbocycles. The number of anilines is 2. The van der Waals surface area contributed by atoms with Gasteiger partial charge in [-0.05, 0) is 52.5 Å². The van der Waals surface area contributed by atoms with Crippen LogP contribution in [0, 0.1) is 0 Å². The maximum Gasteiger partial charge on any atom is 0.418 e. The molecule has 34 heavy (non-hydrogen) atoms. The van der Waals surface area contributed by atoms with Crippen LogP contribution in [0.3, 0.4) is 0 Å². The summed E-state index contributed by atoms with van der Waals surface area (Å²) < 4.78 is 26.7. The van der Waals surface area contributed by atoms with Crippen molar-refractivity contribution in [3.63, 3.8) is 0 Å². The molecule has 2 aromatic heterocycles. The van der Waals surface area contributed by atoms with Gasteiger partial charge >= 0.3 is 6.09 Å². The minimum atomic E-state index is -3.07. The fourth-order valence-corrected chi connectivity index (χ4v) is 4.62. The Labute approximate surface area is 204 Å². The number of aromatic nitrogens is 4. The second-order valence-corrected chi connectivity index (χ2v) is 9.93. The Kier molecular flexibility index (Phi) is 6.98. The summed E-state index contributed by atoms with van der Waals surface area (Å²) in [4.78, 5) is 20.7. The highest BCUT2D eigenvalue weighted by atomic mass is 79.9. The predicted octanol–water partition coefficient (Wildman–Crippen LogP) is 4.17. The van der Waals surface area contributed by atoms with Crippen molar-refractivity contribution >= 4 is 60.1 Å². The van der Waals surface area contributed by atoms with Gasteiger partial charge in [-0.3, -0.25) is 5.10 Å². The van der Waals surface area contributed by atoms with Gasteiger partial charge < -0.3 is 14.8 Å². The number of carbonyl (C=O) groups excluding carboxylic acids is 1. The van der Waals surface area contributed by atoms with Gasteiger partial charge in [-0.2, -0.15) is 5.10 Å². The Bertz CT molecular complexity index is 1430. The third-order valence-electron chi connectivity index (χ3n) is 4.64. The molecule has 0 saturated heterocycles. The number of carbonyl (C=O) groups is 1. The monoisotopic (exact) mass is 544 g/mol. The van der Waals surface area contributed by atoms with Crippen LogP contribution in [0.2, 0.25) is 0 Å². The lowest BCUT2D eigenvalue weighted by Crippen LogP contribution is -2.31. The summed E-state index contributed by atoms with van der Waals surface area (Å²) in [5.41, 5.74) is 1.43. The van der Waals surface area contributed by atoms with Crippen molar-refractivity contribution in [3.05, 3.63) is 65.0 Å². The van der Waals surface area contributed by atoms with Gasteiger partial charge in [0.1, 0.15) is 30.3 Å². The molecule has 0 bridgehead atoms. The van der Waals surface area contributed by atoms with E-state index >= 15 is 0 Å². The highest BCUT2D eigenvalue weighted by molar-refractivity contribution is 9.10. The number of benzene rings is 2. The first-order chi connectivity index (χ1) is 16.4. The van der Waals surface area contributed by atoms with Gasteiger partial charge in [0, 0.05) is 17.5 Å². The van der Waals surface area contributed by atoms with E-state index < -0.39 is 15.8 Å². The molecule has 1 unspecified atom stereocenters. The SMILES string of the molecule is C=S(=O)(NC(=O)OCC)c1cccc(COc2cc3ncnc(Nc4ccn[nH]4)c3cc2Br)c1. The molecular formula is C22H21BrN6O4S. The zero-order valence-electron chi connectivity index (χ0n) is 18.1. The molecule has 12 heteroatoms. The highest BCUT2D eigenvalue weighted by Crippen LogP contribution is 2.33. The molecule has 0 saturated carbocycles. The normalized spacial score (nSPS) is 12.6. The van der Waals surface area contributed by atoms with E-state index in [1.807, 2.05) is 12.1 Å². The largest absolute Gasteiger partial charge is 0.488 e. The summed E-state index contributed by atoms with van der Waals surface area (Å²) in [6.07, 6.45) is 2.32. The molecule has 0 spiro atoms. The number of hydrogen-bond acceptors (Lipinski definition) is 8. The van der Waals surface area contributed by atoms with Crippen molar-refractivity contribution in [2.75, 3.05) is 11.9 Å². The van der Waals surface area contributed by atoms with E-state index in [9.17, 15) is 9.00 Å². The zero-order valence-corrected chi connectivity index (χ0v) is 20.5. The Hall–Kier alpha value is -3.64. The average molecular weight is 545 g/mol. The molecule has 0 radical (unpaired) electrons. The molecule has 2 heterocycles. The van der Waals surface area contributed by atoms with Crippen molar-refractivity contribution in [2.45, 2.75) is 18.4 Å². The molecule has 4 aromatic rings. The smallest absolute Gasteiger partial charge is 0.418 e. The number of halogens is 1. The van der Waals surface area contributed by atoms with E-state index in [1.54, 1.807) is 43.5 Å². The summed E-state index contributed by atoms with van der Waals surface area (Å²) >= 11 is 3.55. The Morgan fingerprint density at radius 2 is 2.09 bits per heavy atom. The molecule has 0 fully saturated rings. The Morgan fingerprint density at radius 3 is 2.85 bits per heavy atom. The van der Waals surface area contributed by atoms with Gasteiger partial charge in [-0.15, -0.1) is 0 Å².